The molecule has 1 N–H and O–H groups in total. The van der Waals surface area contributed by atoms with E-state index >= 15 is 0 Å². The maximum absolute atomic E-state index is 12.8. The standard InChI is InChI=1S/C14H15FN2O/c1-10(11-3-5-12(15)6-4-11)17-13-7-8-16-14(9-13)18-2/h3-10H,1-2H3,(H,16,17). The highest BCUT2D eigenvalue weighted by Gasteiger charge is 2.06. The van der Waals surface area contributed by atoms with E-state index in [0.717, 1.165) is 11.3 Å². The van der Waals surface area contributed by atoms with Gasteiger partial charge in [-0.15, -0.1) is 0 Å². The number of pyridine rings is 1. The van der Waals surface area contributed by atoms with E-state index in [2.05, 4.69) is 10.3 Å². The number of hydrogen-bond acceptors (Lipinski definition) is 3. The minimum absolute atomic E-state index is 0.0812. The molecule has 18 heavy (non-hydrogen) atoms. The van der Waals surface area contributed by atoms with Crippen molar-refractivity contribution < 1.29 is 9.13 Å². The van der Waals surface area contributed by atoms with Crippen molar-refractivity contribution in [3.05, 3.63) is 54.0 Å². The third-order valence-electron chi connectivity index (χ3n) is 2.70. The van der Waals surface area contributed by atoms with Gasteiger partial charge in [0.05, 0.1) is 7.11 Å². The van der Waals surface area contributed by atoms with Gasteiger partial charge in [-0.05, 0) is 30.7 Å². The van der Waals surface area contributed by atoms with Gasteiger partial charge in [0.15, 0.2) is 0 Å². The molecule has 0 spiro atoms. The van der Waals surface area contributed by atoms with Gasteiger partial charge in [-0.1, -0.05) is 12.1 Å². The summed E-state index contributed by atoms with van der Waals surface area (Å²) in [6.07, 6.45) is 1.68. The van der Waals surface area contributed by atoms with Gasteiger partial charge in [-0.2, -0.15) is 0 Å². The molecule has 0 saturated carbocycles. The fourth-order valence-corrected chi connectivity index (χ4v) is 1.70. The molecule has 1 unspecified atom stereocenters. The first-order valence-corrected chi connectivity index (χ1v) is 5.71. The van der Waals surface area contributed by atoms with Gasteiger partial charge in [0.25, 0.3) is 0 Å². The number of methoxy groups -OCH3 is 1. The molecule has 1 heterocycles. The van der Waals surface area contributed by atoms with E-state index in [-0.39, 0.29) is 11.9 Å². The van der Waals surface area contributed by atoms with Gasteiger partial charge in [0, 0.05) is 24.0 Å². The molecule has 94 valence electrons. The lowest BCUT2D eigenvalue weighted by Gasteiger charge is -2.15. The van der Waals surface area contributed by atoms with Crippen molar-refractivity contribution in [1.29, 1.82) is 0 Å². The molecule has 0 radical (unpaired) electrons. The summed E-state index contributed by atoms with van der Waals surface area (Å²) in [6, 6.07) is 10.2. The first-order valence-electron chi connectivity index (χ1n) is 5.71. The highest BCUT2D eigenvalue weighted by atomic mass is 19.1. The third-order valence-corrected chi connectivity index (χ3v) is 2.70. The summed E-state index contributed by atoms with van der Waals surface area (Å²) in [6.45, 7) is 2.01. The normalized spacial score (nSPS) is 11.9. The van der Waals surface area contributed by atoms with Crippen LogP contribution >= 0.6 is 0 Å². The predicted octanol–water partition coefficient (Wildman–Crippen LogP) is 3.40. The van der Waals surface area contributed by atoms with Crippen molar-refractivity contribution in [3.63, 3.8) is 0 Å². The molecule has 4 heteroatoms. The van der Waals surface area contributed by atoms with Crippen LogP contribution in [0.15, 0.2) is 42.6 Å². The Morgan fingerprint density at radius 2 is 1.94 bits per heavy atom. The van der Waals surface area contributed by atoms with Gasteiger partial charge in [0.2, 0.25) is 5.88 Å². The predicted molar refractivity (Wildman–Crippen MR) is 69.2 cm³/mol. The topological polar surface area (TPSA) is 34.1 Å². The Hall–Kier alpha value is -2.10. The molecule has 1 atom stereocenters. The Labute approximate surface area is 106 Å². The summed E-state index contributed by atoms with van der Waals surface area (Å²) in [5.41, 5.74) is 1.94. The van der Waals surface area contributed by atoms with Crippen LogP contribution in [0.2, 0.25) is 0 Å². The summed E-state index contributed by atoms with van der Waals surface area (Å²) in [4.78, 5) is 4.04. The molecule has 2 rings (SSSR count). The molecule has 3 nitrogen and oxygen atoms in total. The van der Waals surface area contributed by atoms with Crippen LogP contribution in [-0.4, -0.2) is 12.1 Å². The van der Waals surface area contributed by atoms with Gasteiger partial charge >= 0.3 is 0 Å². The van der Waals surface area contributed by atoms with Crippen molar-refractivity contribution in [1.82, 2.24) is 4.98 Å². The fraction of sp³-hybridized carbons (Fsp3) is 0.214. The fourth-order valence-electron chi connectivity index (χ4n) is 1.70. The third kappa shape index (κ3) is 2.97. The average molecular weight is 246 g/mol. The van der Waals surface area contributed by atoms with Gasteiger partial charge < -0.3 is 10.1 Å². The van der Waals surface area contributed by atoms with Crippen molar-refractivity contribution in [2.45, 2.75) is 13.0 Å². The molecular weight excluding hydrogens is 231 g/mol. The van der Waals surface area contributed by atoms with E-state index in [1.807, 2.05) is 19.1 Å². The first kappa shape index (κ1) is 12.4. The number of halogens is 1. The smallest absolute Gasteiger partial charge is 0.214 e. The van der Waals surface area contributed by atoms with Crippen molar-refractivity contribution in [2.24, 2.45) is 0 Å². The Kier molecular flexibility index (Phi) is 3.77. The monoisotopic (exact) mass is 246 g/mol. The number of rotatable bonds is 4. The minimum Gasteiger partial charge on any atom is -0.481 e. The summed E-state index contributed by atoms with van der Waals surface area (Å²) in [5, 5.41) is 3.31. The average Bonchev–Trinajstić information content (AvgIpc) is 2.39. The number of nitrogens with zero attached hydrogens (tertiary/aromatic N) is 1. The summed E-state index contributed by atoms with van der Waals surface area (Å²) < 4.78 is 17.9. The zero-order valence-electron chi connectivity index (χ0n) is 10.4. The van der Waals surface area contributed by atoms with Crippen molar-refractivity contribution in [2.75, 3.05) is 12.4 Å². The van der Waals surface area contributed by atoms with Gasteiger partial charge in [0.1, 0.15) is 5.82 Å². The highest BCUT2D eigenvalue weighted by Crippen LogP contribution is 2.21. The number of aromatic nitrogens is 1. The van der Waals surface area contributed by atoms with Crippen LogP contribution in [0.5, 0.6) is 5.88 Å². The lowest BCUT2D eigenvalue weighted by atomic mass is 10.1. The molecule has 0 fully saturated rings. The highest BCUT2D eigenvalue weighted by molar-refractivity contribution is 5.47. The Morgan fingerprint density at radius 3 is 2.61 bits per heavy atom. The molecule has 1 aromatic carbocycles. The zero-order chi connectivity index (χ0) is 13.0. The second-order valence-electron chi connectivity index (χ2n) is 4.00. The Bertz CT molecular complexity index is 513. The van der Waals surface area contributed by atoms with E-state index in [0.29, 0.717) is 5.88 Å². The quantitative estimate of drug-likeness (QED) is 0.897. The van der Waals surface area contributed by atoms with Gasteiger partial charge in [-0.3, -0.25) is 0 Å². The van der Waals surface area contributed by atoms with Crippen LogP contribution < -0.4 is 10.1 Å². The molecule has 0 amide bonds. The number of nitrogens with one attached hydrogen (secondary N) is 1. The van der Waals surface area contributed by atoms with Crippen molar-refractivity contribution in [3.8, 4) is 5.88 Å². The second-order valence-corrected chi connectivity index (χ2v) is 4.00. The molecule has 0 aliphatic carbocycles. The molecular formula is C14H15FN2O. The summed E-state index contributed by atoms with van der Waals surface area (Å²) in [7, 11) is 1.58. The maximum atomic E-state index is 12.8. The molecule has 0 bridgehead atoms. The van der Waals surface area contributed by atoms with Crippen LogP contribution in [0.4, 0.5) is 10.1 Å². The molecule has 0 aliphatic rings. The van der Waals surface area contributed by atoms with E-state index in [1.165, 1.54) is 12.1 Å². The second kappa shape index (κ2) is 5.49. The summed E-state index contributed by atoms with van der Waals surface area (Å²) >= 11 is 0. The van der Waals surface area contributed by atoms with Crippen LogP contribution in [-0.2, 0) is 0 Å². The number of anilines is 1. The maximum Gasteiger partial charge on any atom is 0.214 e. The molecule has 0 aliphatic heterocycles. The number of ether oxygens (including phenoxy) is 1. The number of benzene rings is 1. The number of hydrogen-bond donors (Lipinski definition) is 1. The van der Waals surface area contributed by atoms with E-state index in [4.69, 9.17) is 4.74 Å². The first-order chi connectivity index (χ1) is 8.69. The molecule has 2 aromatic rings. The van der Waals surface area contributed by atoms with E-state index in [1.54, 1.807) is 25.4 Å². The Morgan fingerprint density at radius 1 is 1.22 bits per heavy atom. The van der Waals surface area contributed by atoms with Crippen molar-refractivity contribution >= 4 is 5.69 Å². The van der Waals surface area contributed by atoms with Crippen LogP contribution in [0, 0.1) is 5.82 Å². The van der Waals surface area contributed by atoms with E-state index in [9.17, 15) is 4.39 Å². The minimum atomic E-state index is -0.225. The molecule has 0 saturated heterocycles. The lowest BCUT2D eigenvalue weighted by Crippen LogP contribution is -2.06. The zero-order valence-corrected chi connectivity index (χ0v) is 10.4. The van der Waals surface area contributed by atoms with Crippen LogP contribution in [0.25, 0.3) is 0 Å². The molecule has 1 aromatic heterocycles. The lowest BCUT2D eigenvalue weighted by molar-refractivity contribution is 0.398. The largest absolute Gasteiger partial charge is 0.481 e. The SMILES string of the molecule is COc1cc(NC(C)c2ccc(F)cc2)ccn1. The van der Waals surface area contributed by atoms with E-state index < -0.39 is 0 Å². The Balaban J connectivity index is 2.10. The van der Waals surface area contributed by atoms with Gasteiger partial charge in [-0.25, -0.2) is 9.37 Å². The van der Waals surface area contributed by atoms with Crippen LogP contribution in [0.3, 0.4) is 0 Å². The summed E-state index contributed by atoms with van der Waals surface area (Å²) in [5.74, 6) is 0.336. The van der Waals surface area contributed by atoms with Crippen LogP contribution in [0.1, 0.15) is 18.5 Å².